The first kappa shape index (κ1) is 16.7. The Labute approximate surface area is 132 Å². The van der Waals surface area contributed by atoms with Crippen LogP contribution < -0.4 is 5.32 Å². The maximum atomic E-state index is 13.2. The highest BCUT2D eigenvalue weighted by Gasteiger charge is 2.41. The van der Waals surface area contributed by atoms with Crippen molar-refractivity contribution in [3.63, 3.8) is 0 Å². The van der Waals surface area contributed by atoms with Gasteiger partial charge in [0.25, 0.3) is 0 Å². The molecule has 1 aliphatic rings. The van der Waals surface area contributed by atoms with E-state index in [-0.39, 0.29) is 24.1 Å². The number of ether oxygens (including phenoxy) is 1. The molecule has 1 aliphatic heterocycles. The van der Waals surface area contributed by atoms with Crippen molar-refractivity contribution in [2.75, 3.05) is 6.54 Å². The third-order valence-corrected chi connectivity index (χ3v) is 5.06. The predicted molar refractivity (Wildman–Crippen MR) is 85.2 cm³/mol. The molecule has 21 heavy (non-hydrogen) atoms. The Balaban J connectivity index is 2.19. The minimum Gasteiger partial charge on any atom is -0.375 e. The van der Waals surface area contributed by atoms with Crippen molar-refractivity contribution in [1.82, 2.24) is 5.32 Å². The maximum absolute atomic E-state index is 13.2. The van der Waals surface area contributed by atoms with Crippen LogP contribution in [0.5, 0.6) is 0 Å². The van der Waals surface area contributed by atoms with E-state index in [2.05, 4.69) is 33.0 Å². The molecule has 0 spiro atoms. The lowest BCUT2D eigenvalue weighted by Gasteiger charge is -2.30. The van der Waals surface area contributed by atoms with Gasteiger partial charge in [-0.15, -0.1) is 0 Å². The van der Waals surface area contributed by atoms with Crippen molar-refractivity contribution < 1.29 is 9.13 Å². The van der Waals surface area contributed by atoms with Gasteiger partial charge in [-0.05, 0) is 50.4 Å². The molecule has 1 aromatic rings. The number of rotatable bonds is 5. The molecule has 1 aromatic carbocycles. The first-order valence-electron chi connectivity index (χ1n) is 7.76. The van der Waals surface area contributed by atoms with Crippen LogP contribution in [0.2, 0.25) is 5.02 Å². The number of hydrogen-bond acceptors (Lipinski definition) is 2. The van der Waals surface area contributed by atoms with Gasteiger partial charge in [-0.25, -0.2) is 4.39 Å². The van der Waals surface area contributed by atoms with E-state index in [1.165, 1.54) is 12.1 Å². The molecule has 0 bridgehead atoms. The summed E-state index contributed by atoms with van der Waals surface area (Å²) >= 11 is 6.18. The highest BCUT2D eigenvalue weighted by molar-refractivity contribution is 6.31. The predicted octanol–water partition coefficient (Wildman–Crippen LogP) is 4.06. The Morgan fingerprint density at radius 1 is 1.29 bits per heavy atom. The molecule has 5 atom stereocenters. The normalized spacial score (nSPS) is 30.6. The summed E-state index contributed by atoms with van der Waals surface area (Å²) in [6.45, 7) is 9.52. The van der Waals surface area contributed by atoms with Crippen LogP contribution in [0.1, 0.15) is 33.3 Å². The molecule has 0 radical (unpaired) electrons. The fraction of sp³-hybridized carbons (Fsp3) is 0.647. The molecule has 1 heterocycles. The van der Waals surface area contributed by atoms with Crippen LogP contribution >= 0.6 is 11.6 Å². The number of hydrogen-bond donors (Lipinski definition) is 1. The summed E-state index contributed by atoms with van der Waals surface area (Å²) in [5, 5.41) is 4.07. The fourth-order valence-electron chi connectivity index (χ4n) is 3.52. The summed E-state index contributed by atoms with van der Waals surface area (Å²) in [5.41, 5.74) is 0.989. The van der Waals surface area contributed by atoms with Gasteiger partial charge >= 0.3 is 0 Å². The Kier molecular flexibility index (Phi) is 5.64. The molecule has 1 fully saturated rings. The molecule has 0 saturated carbocycles. The van der Waals surface area contributed by atoms with E-state index < -0.39 is 0 Å². The van der Waals surface area contributed by atoms with Gasteiger partial charge in [0, 0.05) is 17.0 Å². The number of likely N-dealkylation sites (N-methyl/N-ethyl adjacent to an activating group) is 1. The highest BCUT2D eigenvalue weighted by atomic mass is 35.5. The topological polar surface area (TPSA) is 21.3 Å². The van der Waals surface area contributed by atoms with Crippen LogP contribution in [0.15, 0.2) is 18.2 Å². The van der Waals surface area contributed by atoms with Gasteiger partial charge in [-0.2, -0.15) is 0 Å². The third kappa shape index (κ3) is 3.77. The molecule has 0 aliphatic carbocycles. The van der Waals surface area contributed by atoms with Crippen LogP contribution in [0.25, 0.3) is 0 Å². The van der Waals surface area contributed by atoms with E-state index in [0.29, 0.717) is 16.9 Å². The zero-order valence-corrected chi connectivity index (χ0v) is 14.0. The quantitative estimate of drug-likeness (QED) is 0.885. The van der Waals surface area contributed by atoms with Gasteiger partial charge in [0.1, 0.15) is 5.82 Å². The van der Waals surface area contributed by atoms with Crippen molar-refractivity contribution in [1.29, 1.82) is 0 Å². The Bertz CT molecular complexity index is 482. The molecular weight excluding hydrogens is 289 g/mol. The Hall–Kier alpha value is -0.640. The largest absolute Gasteiger partial charge is 0.375 e. The molecule has 5 unspecified atom stereocenters. The zero-order valence-electron chi connectivity index (χ0n) is 13.2. The van der Waals surface area contributed by atoms with E-state index in [4.69, 9.17) is 16.3 Å². The monoisotopic (exact) mass is 313 g/mol. The molecule has 2 nitrogen and oxygen atoms in total. The Morgan fingerprint density at radius 2 is 2.00 bits per heavy atom. The second-order valence-corrected chi connectivity index (χ2v) is 6.49. The van der Waals surface area contributed by atoms with Crippen LogP contribution in [-0.2, 0) is 11.2 Å². The molecular formula is C17H25ClFNO. The smallest absolute Gasteiger partial charge is 0.124 e. The van der Waals surface area contributed by atoms with E-state index >= 15 is 0 Å². The van der Waals surface area contributed by atoms with Gasteiger partial charge in [-0.1, -0.05) is 31.5 Å². The minimum absolute atomic E-state index is 0.221. The standard InChI is InChI=1S/C17H25ClFNO/c1-5-20-16(17-10(2)11(3)21-12(17)4)8-13-6-7-14(19)9-15(13)18/h6-7,9-12,16-17,20H,5,8H2,1-4H3. The lowest BCUT2D eigenvalue weighted by atomic mass is 9.81. The number of halogens is 2. The van der Waals surface area contributed by atoms with Crippen LogP contribution in [-0.4, -0.2) is 24.8 Å². The van der Waals surface area contributed by atoms with Crippen molar-refractivity contribution in [3.8, 4) is 0 Å². The van der Waals surface area contributed by atoms with Gasteiger partial charge in [0.15, 0.2) is 0 Å². The average molecular weight is 314 g/mol. The SMILES string of the molecule is CCNC(Cc1ccc(F)cc1Cl)C1C(C)OC(C)C1C. The van der Waals surface area contributed by atoms with E-state index in [1.807, 2.05) is 0 Å². The van der Waals surface area contributed by atoms with Crippen LogP contribution in [0, 0.1) is 17.7 Å². The summed E-state index contributed by atoms with van der Waals surface area (Å²) in [6, 6.07) is 4.94. The van der Waals surface area contributed by atoms with Crippen molar-refractivity contribution in [2.45, 2.75) is 52.4 Å². The molecule has 1 N–H and O–H groups in total. The van der Waals surface area contributed by atoms with E-state index in [0.717, 1.165) is 18.5 Å². The summed E-state index contributed by atoms with van der Waals surface area (Å²) < 4.78 is 19.2. The van der Waals surface area contributed by atoms with Crippen LogP contribution in [0.3, 0.4) is 0 Å². The van der Waals surface area contributed by atoms with Gasteiger partial charge < -0.3 is 10.1 Å². The van der Waals surface area contributed by atoms with Crippen molar-refractivity contribution in [2.24, 2.45) is 11.8 Å². The second kappa shape index (κ2) is 7.08. The number of nitrogens with one attached hydrogen (secondary N) is 1. The lowest BCUT2D eigenvalue weighted by Crippen LogP contribution is -2.43. The summed E-state index contributed by atoms with van der Waals surface area (Å²) in [4.78, 5) is 0. The molecule has 4 heteroatoms. The summed E-state index contributed by atoms with van der Waals surface area (Å²) in [6.07, 6.45) is 1.29. The molecule has 118 valence electrons. The lowest BCUT2D eigenvalue weighted by molar-refractivity contribution is 0.0476. The molecule has 1 saturated heterocycles. The van der Waals surface area contributed by atoms with Gasteiger partial charge in [0.2, 0.25) is 0 Å². The molecule has 0 aromatic heterocycles. The average Bonchev–Trinajstić information content (AvgIpc) is 2.66. The number of benzene rings is 1. The summed E-state index contributed by atoms with van der Waals surface area (Å²) in [7, 11) is 0. The first-order chi connectivity index (χ1) is 9.93. The van der Waals surface area contributed by atoms with Gasteiger partial charge in [0.05, 0.1) is 12.2 Å². The van der Waals surface area contributed by atoms with E-state index in [1.54, 1.807) is 6.07 Å². The van der Waals surface area contributed by atoms with Crippen molar-refractivity contribution >= 4 is 11.6 Å². The highest BCUT2D eigenvalue weighted by Crippen LogP contribution is 2.36. The first-order valence-corrected chi connectivity index (χ1v) is 8.14. The van der Waals surface area contributed by atoms with Crippen molar-refractivity contribution in [3.05, 3.63) is 34.6 Å². The third-order valence-electron chi connectivity index (χ3n) is 4.70. The summed E-state index contributed by atoms with van der Waals surface area (Å²) in [5.74, 6) is 0.632. The Morgan fingerprint density at radius 3 is 2.52 bits per heavy atom. The minimum atomic E-state index is -0.289. The maximum Gasteiger partial charge on any atom is 0.124 e. The van der Waals surface area contributed by atoms with E-state index in [9.17, 15) is 4.39 Å². The molecule has 2 rings (SSSR count). The zero-order chi connectivity index (χ0) is 15.6. The molecule has 0 amide bonds. The van der Waals surface area contributed by atoms with Gasteiger partial charge in [-0.3, -0.25) is 0 Å². The van der Waals surface area contributed by atoms with Crippen LogP contribution in [0.4, 0.5) is 4.39 Å². The second-order valence-electron chi connectivity index (χ2n) is 6.09. The fourth-order valence-corrected chi connectivity index (χ4v) is 3.76.